The van der Waals surface area contributed by atoms with Gasteiger partial charge in [-0.25, -0.2) is 24.9 Å². The Labute approximate surface area is 388 Å². The van der Waals surface area contributed by atoms with E-state index in [1.54, 1.807) is 0 Å². The van der Waals surface area contributed by atoms with Crippen LogP contribution in [0, 0.1) is 0 Å². The lowest BCUT2D eigenvalue weighted by Crippen LogP contribution is -2.00. The summed E-state index contributed by atoms with van der Waals surface area (Å²) >= 11 is 0. The van der Waals surface area contributed by atoms with E-state index in [1.807, 2.05) is 97.1 Å². The van der Waals surface area contributed by atoms with Crippen LogP contribution in [0.15, 0.2) is 243 Å². The molecular weight excluding hydrogens is 817 g/mol. The predicted octanol–water partition coefficient (Wildman–Crippen LogP) is 15.1. The van der Waals surface area contributed by atoms with Crippen LogP contribution in [-0.4, -0.2) is 29.5 Å². The summed E-state index contributed by atoms with van der Waals surface area (Å²) in [6.45, 7) is 0. The van der Waals surface area contributed by atoms with Crippen molar-refractivity contribution >= 4 is 21.8 Å². The molecule has 67 heavy (non-hydrogen) atoms. The summed E-state index contributed by atoms with van der Waals surface area (Å²) in [6, 6.07) is 84.2. The Hall–Kier alpha value is -9.13. The zero-order valence-electron chi connectivity index (χ0n) is 36.3. The maximum Gasteiger partial charge on any atom is 0.164 e. The van der Waals surface area contributed by atoms with Crippen molar-refractivity contribution in [2.45, 2.75) is 0 Å². The number of rotatable bonds is 9. The standard InChI is InChI=1S/C61H40N6/c1-6-18-41(19-7-1)54-40-55(63-58(62-54)42-20-8-2-9-21-42)49-28-16-26-45(36-49)47-32-34-56-52(38-47)53-39-48(33-35-57(53)67(56)51-30-14-5-15-31-51)46-27-17-29-50(37-46)61-65-59(43-22-10-3-11-23-43)64-60(66-61)44-24-12-4-13-25-44/h1-40H. The van der Waals surface area contributed by atoms with Crippen LogP contribution >= 0.6 is 0 Å². The van der Waals surface area contributed by atoms with Gasteiger partial charge in [-0.2, -0.15) is 0 Å². The van der Waals surface area contributed by atoms with E-state index >= 15 is 0 Å². The maximum absolute atomic E-state index is 5.14. The molecule has 0 N–H and O–H groups in total. The fourth-order valence-corrected chi connectivity index (χ4v) is 8.94. The van der Waals surface area contributed by atoms with Gasteiger partial charge in [0.2, 0.25) is 0 Å². The predicted molar refractivity (Wildman–Crippen MR) is 273 cm³/mol. The van der Waals surface area contributed by atoms with Crippen LogP contribution in [0.4, 0.5) is 0 Å². The molecule has 0 saturated carbocycles. The Balaban J connectivity index is 0.972. The number of para-hydroxylation sites is 1. The van der Waals surface area contributed by atoms with Crippen molar-refractivity contribution in [3.63, 3.8) is 0 Å². The largest absolute Gasteiger partial charge is 0.309 e. The number of nitrogens with zero attached hydrogens (tertiary/aromatic N) is 6. The van der Waals surface area contributed by atoms with Gasteiger partial charge in [0, 0.05) is 49.8 Å². The fraction of sp³-hybridized carbons (Fsp3) is 0. The van der Waals surface area contributed by atoms with Gasteiger partial charge in [-0.3, -0.25) is 0 Å². The Morgan fingerprint density at radius 3 is 1.06 bits per heavy atom. The molecular formula is C61H40N6. The molecule has 12 aromatic rings. The SMILES string of the molecule is c1ccc(-c2cc(-c3cccc(-c4ccc5c(c4)c4cc(-c6cccc(-c7nc(-c8ccccc8)nc(-c8ccccc8)n7)c6)ccc4n5-c4ccccc4)c3)nc(-c3ccccc3)n2)cc1. The van der Waals surface area contributed by atoms with E-state index in [-0.39, 0.29) is 0 Å². The van der Waals surface area contributed by atoms with Crippen molar-refractivity contribution in [3.8, 4) is 96.0 Å². The van der Waals surface area contributed by atoms with E-state index in [0.29, 0.717) is 23.3 Å². The van der Waals surface area contributed by atoms with Gasteiger partial charge in [0.05, 0.1) is 22.4 Å². The summed E-state index contributed by atoms with van der Waals surface area (Å²) < 4.78 is 2.36. The molecule has 0 aliphatic rings. The normalized spacial score (nSPS) is 11.3. The van der Waals surface area contributed by atoms with Crippen LogP contribution in [0.5, 0.6) is 0 Å². The molecule has 0 bridgehead atoms. The molecule has 0 amide bonds. The van der Waals surface area contributed by atoms with E-state index in [0.717, 1.165) is 94.5 Å². The molecule has 0 aliphatic carbocycles. The second-order valence-corrected chi connectivity index (χ2v) is 16.5. The summed E-state index contributed by atoms with van der Waals surface area (Å²) in [5.74, 6) is 2.59. The van der Waals surface area contributed by atoms with Crippen LogP contribution in [0.25, 0.3) is 118 Å². The van der Waals surface area contributed by atoms with Crippen molar-refractivity contribution in [2.24, 2.45) is 0 Å². The first kappa shape index (κ1) is 39.5. The van der Waals surface area contributed by atoms with Crippen molar-refractivity contribution < 1.29 is 0 Å². The Morgan fingerprint density at radius 2 is 0.567 bits per heavy atom. The molecule has 9 aromatic carbocycles. The summed E-state index contributed by atoms with van der Waals surface area (Å²) in [4.78, 5) is 25.1. The first-order valence-electron chi connectivity index (χ1n) is 22.4. The third kappa shape index (κ3) is 7.73. The molecule has 0 saturated heterocycles. The highest BCUT2D eigenvalue weighted by molar-refractivity contribution is 6.11. The molecule has 6 nitrogen and oxygen atoms in total. The minimum Gasteiger partial charge on any atom is -0.309 e. The molecule has 0 aliphatic heterocycles. The second kappa shape index (κ2) is 17.1. The smallest absolute Gasteiger partial charge is 0.164 e. The van der Waals surface area contributed by atoms with E-state index in [2.05, 4.69) is 150 Å². The van der Waals surface area contributed by atoms with Crippen molar-refractivity contribution in [1.29, 1.82) is 0 Å². The first-order chi connectivity index (χ1) is 33.2. The minimum absolute atomic E-state index is 0.623. The average Bonchev–Trinajstić information content (AvgIpc) is 3.75. The van der Waals surface area contributed by atoms with Crippen LogP contribution < -0.4 is 0 Å². The third-order valence-corrected chi connectivity index (χ3v) is 12.3. The summed E-state index contributed by atoms with van der Waals surface area (Å²) in [6.07, 6.45) is 0. The zero-order chi connectivity index (χ0) is 44.5. The molecule has 0 radical (unpaired) electrons. The second-order valence-electron chi connectivity index (χ2n) is 16.5. The number of benzene rings is 9. The lowest BCUT2D eigenvalue weighted by molar-refractivity contribution is 1.07. The Kier molecular flexibility index (Phi) is 10.1. The summed E-state index contributed by atoms with van der Waals surface area (Å²) in [5, 5.41) is 2.32. The van der Waals surface area contributed by atoms with Crippen molar-refractivity contribution in [3.05, 3.63) is 243 Å². The molecule has 0 fully saturated rings. The topological polar surface area (TPSA) is 69.4 Å². The van der Waals surface area contributed by atoms with Gasteiger partial charge in [0.1, 0.15) is 0 Å². The first-order valence-corrected chi connectivity index (χ1v) is 22.4. The molecule has 0 atom stereocenters. The van der Waals surface area contributed by atoms with Crippen molar-refractivity contribution in [2.75, 3.05) is 0 Å². The molecule has 0 unspecified atom stereocenters. The van der Waals surface area contributed by atoms with E-state index < -0.39 is 0 Å². The Morgan fingerprint density at radius 1 is 0.224 bits per heavy atom. The molecule has 314 valence electrons. The monoisotopic (exact) mass is 856 g/mol. The number of hydrogen-bond donors (Lipinski definition) is 0. The van der Waals surface area contributed by atoms with Crippen molar-refractivity contribution in [1.82, 2.24) is 29.5 Å². The molecule has 12 rings (SSSR count). The molecule has 3 heterocycles. The summed E-state index contributed by atoms with van der Waals surface area (Å²) in [7, 11) is 0. The van der Waals surface area contributed by atoms with Gasteiger partial charge in [-0.15, -0.1) is 0 Å². The van der Waals surface area contributed by atoms with Crippen LogP contribution in [0.2, 0.25) is 0 Å². The quantitative estimate of drug-likeness (QED) is 0.145. The molecule has 0 spiro atoms. The van der Waals surface area contributed by atoms with Gasteiger partial charge in [0.25, 0.3) is 0 Å². The summed E-state index contributed by atoms with van der Waals surface area (Å²) in [5.41, 5.74) is 15.4. The minimum atomic E-state index is 0.623. The van der Waals surface area contributed by atoms with Gasteiger partial charge in [-0.05, 0) is 76.9 Å². The lowest BCUT2D eigenvalue weighted by atomic mass is 9.98. The lowest BCUT2D eigenvalue weighted by Gasteiger charge is -2.11. The van der Waals surface area contributed by atoms with E-state index in [1.165, 1.54) is 0 Å². The highest BCUT2D eigenvalue weighted by Crippen LogP contribution is 2.39. The van der Waals surface area contributed by atoms with Gasteiger partial charge >= 0.3 is 0 Å². The van der Waals surface area contributed by atoms with Gasteiger partial charge in [-0.1, -0.05) is 188 Å². The third-order valence-electron chi connectivity index (χ3n) is 12.3. The van der Waals surface area contributed by atoms with Crippen LogP contribution in [0.1, 0.15) is 0 Å². The van der Waals surface area contributed by atoms with Crippen LogP contribution in [-0.2, 0) is 0 Å². The fourth-order valence-electron chi connectivity index (χ4n) is 8.94. The van der Waals surface area contributed by atoms with Gasteiger partial charge in [0.15, 0.2) is 23.3 Å². The highest BCUT2D eigenvalue weighted by Gasteiger charge is 2.18. The number of fused-ring (bicyclic) bond motifs is 3. The molecule has 6 heteroatoms. The van der Waals surface area contributed by atoms with Gasteiger partial charge < -0.3 is 4.57 Å². The molecule has 3 aromatic heterocycles. The average molecular weight is 857 g/mol. The Bertz CT molecular complexity index is 3380. The highest BCUT2D eigenvalue weighted by atomic mass is 15.0. The van der Waals surface area contributed by atoms with E-state index in [9.17, 15) is 0 Å². The van der Waals surface area contributed by atoms with E-state index in [4.69, 9.17) is 24.9 Å². The maximum atomic E-state index is 5.14. The zero-order valence-corrected chi connectivity index (χ0v) is 36.3. The number of hydrogen-bond acceptors (Lipinski definition) is 5. The van der Waals surface area contributed by atoms with Crippen LogP contribution in [0.3, 0.4) is 0 Å². The number of aromatic nitrogens is 6.